The van der Waals surface area contributed by atoms with Crippen molar-refractivity contribution in [3.8, 4) is 0 Å². The first-order chi connectivity index (χ1) is 9.59. The second-order valence-corrected chi connectivity index (χ2v) is 4.28. The van der Waals surface area contributed by atoms with Crippen molar-refractivity contribution in [3.63, 3.8) is 0 Å². The van der Waals surface area contributed by atoms with Crippen LogP contribution in [0.4, 0.5) is 14.5 Å². The summed E-state index contributed by atoms with van der Waals surface area (Å²) < 4.78 is 27.6. The molecular formula is C14H9F2N3O. The summed E-state index contributed by atoms with van der Waals surface area (Å²) in [5.41, 5.74) is 5.26. The molecule has 2 aromatic heterocycles. The van der Waals surface area contributed by atoms with Crippen molar-refractivity contribution in [2.75, 3.05) is 5.73 Å². The lowest BCUT2D eigenvalue weighted by Gasteiger charge is -2.05. The average Bonchev–Trinajstić information content (AvgIpc) is 2.87. The molecule has 0 spiro atoms. The molecule has 0 radical (unpaired) electrons. The quantitative estimate of drug-likeness (QED) is 0.557. The minimum Gasteiger partial charge on any atom is -0.396 e. The van der Waals surface area contributed by atoms with E-state index in [1.807, 2.05) is 0 Å². The summed E-state index contributed by atoms with van der Waals surface area (Å²) in [7, 11) is 0. The first-order valence-corrected chi connectivity index (χ1v) is 5.79. The van der Waals surface area contributed by atoms with Gasteiger partial charge in [0.2, 0.25) is 5.78 Å². The molecular weight excluding hydrogens is 264 g/mol. The van der Waals surface area contributed by atoms with Gasteiger partial charge in [-0.3, -0.25) is 9.78 Å². The molecule has 1 aromatic carbocycles. The van der Waals surface area contributed by atoms with Crippen molar-refractivity contribution in [3.05, 3.63) is 59.6 Å². The van der Waals surface area contributed by atoms with Crippen LogP contribution >= 0.6 is 0 Å². The van der Waals surface area contributed by atoms with E-state index in [0.717, 1.165) is 12.1 Å². The Labute approximate surface area is 112 Å². The molecule has 0 atom stereocenters. The monoisotopic (exact) mass is 273 g/mol. The maximum absolute atomic E-state index is 13.9. The zero-order chi connectivity index (χ0) is 14.3. The van der Waals surface area contributed by atoms with Gasteiger partial charge in [-0.2, -0.15) is 0 Å². The number of carbonyl (C=O) groups is 1. The smallest absolute Gasteiger partial charge is 0.201 e. The van der Waals surface area contributed by atoms with Gasteiger partial charge in [-0.15, -0.1) is 0 Å². The molecule has 20 heavy (non-hydrogen) atoms. The van der Waals surface area contributed by atoms with Gasteiger partial charge in [0.15, 0.2) is 5.82 Å². The third kappa shape index (κ3) is 1.73. The zero-order valence-electron chi connectivity index (χ0n) is 10.2. The molecule has 0 amide bonds. The minimum atomic E-state index is -1.05. The number of H-pyrrole nitrogens is 1. The maximum atomic E-state index is 13.9. The van der Waals surface area contributed by atoms with E-state index in [1.165, 1.54) is 12.4 Å². The van der Waals surface area contributed by atoms with Gasteiger partial charge in [-0.25, -0.2) is 8.78 Å². The summed E-state index contributed by atoms with van der Waals surface area (Å²) in [6, 6.07) is 3.72. The van der Waals surface area contributed by atoms with E-state index >= 15 is 0 Å². The third-order valence-corrected chi connectivity index (χ3v) is 3.08. The van der Waals surface area contributed by atoms with E-state index in [2.05, 4.69) is 9.97 Å². The van der Waals surface area contributed by atoms with Crippen molar-refractivity contribution in [2.45, 2.75) is 0 Å². The fraction of sp³-hybridized carbons (Fsp3) is 0. The average molecular weight is 273 g/mol. The summed E-state index contributed by atoms with van der Waals surface area (Å²) >= 11 is 0. The predicted octanol–water partition coefficient (Wildman–Crippen LogP) is 2.65. The van der Waals surface area contributed by atoms with E-state index in [9.17, 15) is 13.6 Å². The summed E-state index contributed by atoms with van der Waals surface area (Å²) in [6.07, 6.45) is 4.41. The van der Waals surface area contributed by atoms with Gasteiger partial charge in [0.1, 0.15) is 5.82 Å². The van der Waals surface area contributed by atoms with Crippen molar-refractivity contribution in [1.29, 1.82) is 0 Å². The first-order valence-electron chi connectivity index (χ1n) is 5.79. The van der Waals surface area contributed by atoms with Gasteiger partial charge < -0.3 is 10.7 Å². The highest BCUT2D eigenvalue weighted by atomic mass is 19.1. The molecule has 0 fully saturated rings. The number of hydrogen-bond donors (Lipinski definition) is 2. The van der Waals surface area contributed by atoms with Gasteiger partial charge in [0.05, 0.1) is 11.3 Å². The molecule has 0 aliphatic rings. The number of nitrogens with two attached hydrogens (primary N) is 1. The number of aromatic amines is 1. The lowest BCUT2D eigenvalue weighted by molar-refractivity contribution is 0.103. The Morgan fingerprint density at radius 3 is 2.85 bits per heavy atom. The van der Waals surface area contributed by atoms with Crippen LogP contribution in [0.25, 0.3) is 10.9 Å². The molecule has 4 nitrogen and oxygen atoms in total. The number of rotatable bonds is 2. The number of ketones is 1. The fourth-order valence-corrected chi connectivity index (χ4v) is 2.06. The van der Waals surface area contributed by atoms with E-state index in [4.69, 9.17) is 5.73 Å². The van der Waals surface area contributed by atoms with E-state index in [-0.39, 0.29) is 11.3 Å². The molecule has 0 unspecified atom stereocenters. The molecule has 0 saturated carbocycles. The molecule has 0 saturated heterocycles. The number of nitrogens with one attached hydrogen (secondary N) is 1. The molecule has 2 heterocycles. The van der Waals surface area contributed by atoms with Crippen molar-refractivity contribution in [1.82, 2.24) is 9.97 Å². The number of hydrogen-bond acceptors (Lipinski definition) is 3. The molecule has 3 rings (SSSR count). The number of pyridine rings is 1. The fourth-order valence-electron chi connectivity index (χ4n) is 2.06. The van der Waals surface area contributed by atoms with Crippen LogP contribution in [0.15, 0.2) is 36.8 Å². The molecule has 6 heteroatoms. The second-order valence-electron chi connectivity index (χ2n) is 4.28. The summed E-state index contributed by atoms with van der Waals surface area (Å²) in [4.78, 5) is 19.1. The van der Waals surface area contributed by atoms with Gasteiger partial charge >= 0.3 is 0 Å². The van der Waals surface area contributed by atoms with Crippen LogP contribution in [-0.4, -0.2) is 15.8 Å². The van der Waals surface area contributed by atoms with Gasteiger partial charge in [-0.1, -0.05) is 0 Å². The Morgan fingerprint density at radius 1 is 1.25 bits per heavy atom. The van der Waals surface area contributed by atoms with Gasteiger partial charge in [0.25, 0.3) is 0 Å². The molecule has 3 aromatic rings. The normalized spacial score (nSPS) is 10.9. The number of nitrogens with zero attached hydrogens (tertiary/aromatic N) is 1. The third-order valence-electron chi connectivity index (χ3n) is 3.08. The largest absolute Gasteiger partial charge is 0.396 e. The number of fused-ring (bicyclic) bond motifs is 1. The van der Waals surface area contributed by atoms with Crippen LogP contribution in [0.3, 0.4) is 0 Å². The second kappa shape index (κ2) is 4.41. The molecule has 0 bridgehead atoms. The van der Waals surface area contributed by atoms with E-state index < -0.39 is 23.0 Å². The van der Waals surface area contributed by atoms with Crippen LogP contribution in [0, 0.1) is 11.6 Å². The minimum absolute atomic E-state index is 0.150. The van der Waals surface area contributed by atoms with Crippen molar-refractivity contribution in [2.24, 2.45) is 0 Å². The van der Waals surface area contributed by atoms with Gasteiger partial charge in [-0.05, 0) is 18.2 Å². The van der Waals surface area contributed by atoms with E-state index in [1.54, 1.807) is 12.3 Å². The number of anilines is 1. The topological polar surface area (TPSA) is 71.8 Å². The Hall–Kier alpha value is -2.76. The molecule has 0 aliphatic carbocycles. The Morgan fingerprint density at radius 2 is 2.05 bits per heavy atom. The highest BCUT2D eigenvalue weighted by molar-refractivity contribution is 6.16. The molecule has 3 N–H and O–H groups in total. The summed E-state index contributed by atoms with van der Waals surface area (Å²) in [6.45, 7) is 0. The number of carbonyl (C=O) groups excluding carboxylic acids is 1. The standard InChI is InChI=1S/C14H9F2N3O/c15-9-1-2-10(17)13(16)12(9)14(20)8-6-19-11-3-4-18-5-7(8)11/h1-6,19H,17H2. The zero-order valence-corrected chi connectivity index (χ0v) is 10.2. The first kappa shape index (κ1) is 12.3. The van der Waals surface area contributed by atoms with Crippen LogP contribution in [0.5, 0.6) is 0 Å². The lowest BCUT2D eigenvalue weighted by Crippen LogP contribution is -2.09. The highest BCUT2D eigenvalue weighted by Gasteiger charge is 2.23. The van der Waals surface area contributed by atoms with Crippen LogP contribution in [0.2, 0.25) is 0 Å². The number of aromatic nitrogens is 2. The lowest BCUT2D eigenvalue weighted by atomic mass is 10.0. The van der Waals surface area contributed by atoms with Crippen LogP contribution < -0.4 is 5.73 Å². The highest BCUT2D eigenvalue weighted by Crippen LogP contribution is 2.25. The van der Waals surface area contributed by atoms with Gasteiger partial charge in [0, 0.05) is 35.1 Å². The van der Waals surface area contributed by atoms with Crippen LogP contribution in [0.1, 0.15) is 15.9 Å². The predicted molar refractivity (Wildman–Crippen MR) is 70.3 cm³/mol. The Bertz CT molecular complexity index is 826. The van der Waals surface area contributed by atoms with E-state index in [0.29, 0.717) is 10.9 Å². The van der Waals surface area contributed by atoms with Crippen molar-refractivity contribution >= 4 is 22.4 Å². The maximum Gasteiger partial charge on any atom is 0.201 e. The number of halogens is 2. The van der Waals surface area contributed by atoms with Crippen LogP contribution in [-0.2, 0) is 0 Å². The Kier molecular flexibility index (Phi) is 2.71. The Balaban J connectivity index is 2.21. The molecule has 100 valence electrons. The van der Waals surface area contributed by atoms with Crippen molar-refractivity contribution < 1.29 is 13.6 Å². The summed E-state index contributed by atoms with van der Waals surface area (Å²) in [5, 5.41) is 0.499. The number of benzene rings is 1. The SMILES string of the molecule is Nc1ccc(F)c(C(=O)c2c[nH]c3ccncc23)c1F. The molecule has 0 aliphatic heterocycles. The number of nitrogen functional groups attached to an aromatic ring is 1. The summed E-state index contributed by atoms with van der Waals surface area (Å²) in [5.74, 6) is -2.76.